The Balaban J connectivity index is 2.14. The van der Waals surface area contributed by atoms with Gasteiger partial charge in [0.15, 0.2) is 0 Å². The van der Waals surface area contributed by atoms with E-state index in [1.165, 1.54) is 9.59 Å². The van der Waals surface area contributed by atoms with Crippen LogP contribution in [0.1, 0.15) is 5.82 Å². The zero-order chi connectivity index (χ0) is 12.3. The number of tetrazole rings is 1. The summed E-state index contributed by atoms with van der Waals surface area (Å²) in [5, 5.41) is 19.5. The number of aryl methyl sites for hydroxylation is 2. The monoisotopic (exact) mass is 232 g/mol. The Hall–Kier alpha value is -2.44. The third-order valence-corrected chi connectivity index (χ3v) is 2.00. The highest BCUT2D eigenvalue weighted by Crippen LogP contribution is 2.08. The quantitative estimate of drug-likeness (QED) is 0.409. The highest BCUT2D eigenvalue weighted by molar-refractivity contribution is 5.79. The fourth-order valence-electron chi connectivity index (χ4n) is 1.30. The average molecular weight is 232 g/mol. The van der Waals surface area contributed by atoms with Crippen molar-refractivity contribution in [2.75, 3.05) is 5.43 Å². The molecule has 0 atom stereocenters. The minimum absolute atomic E-state index is 0.496. The van der Waals surface area contributed by atoms with E-state index in [1.54, 1.807) is 26.1 Å². The van der Waals surface area contributed by atoms with Crippen LogP contribution in [0.4, 0.5) is 5.69 Å². The summed E-state index contributed by atoms with van der Waals surface area (Å²) < 4.78 is 0. The second kappa shape index (κ2) is 4.60. The lowest BCUT2D eigenvalue weighted by Crippen LogP contribution is -2.39. The first-order valence-corrected chi connectivity index (χ1v) is 5.03. The number of nitrogens with zero attached hydrogens (tertiary/aromatic N) is 5. The number of hydrogen-bond acceptors (Lipinski definition) is 4. The number of benzene rings is 1. The van der Waals surface area contributed by atoms with E-state index in [4.69, 9.17) is 0 Å². The number of para-hydroxylation sites is 1. The van der Waals surface area contributed by atoms with Crippen molar-refractivity contribution in [3.63, 3.8) is 0 Å². The third kappa shape index (κ3) is 2.77. The molecule has 0 amide bonds. The molecule has 1 N–H and O–H groups in total. The molecule has 7 nitrogen and oxygen atoms in total. The normalized spacial score (nSPS) is 11.5. The van der Waals surface area contributed by atoms with Crippen molar-refractivity contribution in [2.24, 2.45) is 12.0 Å². The van der Waals surface area contributed by atoms with Gasteiger partial charge in [-0.3, -0.25) is 0 Å². The standard InChI is InChI=1S/C10H12N6O/c1-8-12-15(2)14-16(8)13-10(17)11-9-6-4-3-5-7-9/h3-7H,1-2H3,(H-,11,13,14,17). The first-order valence-electron chi connectivity index (χ1n) is 5.03. The minimum Gasteiger partial charge on any atom is -0.843 e. The van der Waals surface area contributed by atoms with Gasteiger partial charge in [0.2, 0.25) is 0 Å². The molecule has 0 unspecified atom stereocenters. The Morgan fingerprint density at radius 2 is 2.12 bits per heavy atom. The Bertz CT molecular complexity index is 533. The number of hydrogen-bond donors (Lipinski definition) is 1. The number of aliphatic imine (C=N–C) groups is 1. The second-order valence-electron chi connectivity index (χ2n) is 3.40. The van der Waals surface area contributed by atoms with Crippen molar-refractivity contribution in [2.45, 2.75) is 6.92 Å². The van der Waals surface area contributed by atoms with E-state index in [0.29, 0.717) is 11.5 Å². The average Bonchev–Trinajstić information content (AvgIpc) is 2.58. The molecule has 0 bridgehead atoms. The van der Waals surface area contributed by atoms with Crippen molar-refractivity contribution in [1.82, 2.24) is 15.1 Å². The predicted molar refractivity (Wildman–Crippen MR) is 58.8 cm³/mol. The van der Waals surface area contributed by atoms with Gasteiger partial charge in [-0.05, 0) is 26.8 Å². The minimum atomic E-state index is -0.496. The first kappa shape index (κ1) is 11.1. The maximum absolute atomic E-state index is 11.6. The molecular formula is C10H12N6O. The van der Waals surface area contributed by atoms with Gasteiger partial charge in [0.25, 0.3) is 5.82 Å². The number of nitrogens with one attached hydrogen (secondary N) is 1. The Morgan fingerprint density at radius 1 is 1.41 bits per heavy atom. The van der Waals surface area contributed by atoms with Gasteiger partial charge in [-0.2, -0.15) is 5.43 Å². The zero-order valence-electron chi connectivity index (χ0n) is 9.53. The molecule has 2 rings (SSSR count). The van der Waals surface area contributed by atoms with Gasteiger partial charge in [0.1, 0.15) is 12.3 Å². The van der Waals surface area contributed by atoms with Crippen LogP contribution in [0.5, 0.6) is 0 Å². The molecule has 0 fully saturated rings. The van der Waals surface area contributed by atoms with E-state index < -0.39 is 6.02 Å². The molecule has 1 aromatic heterocycles. The predicted octanol–water partition coefficient (Wildman–Crippen LogP) is -0.997. The molecule has 0 aliphatic rings. The van der Waals surface area contributed by atoms with Gasteiger partial charge < -0.3 is 5.11 Å². The second-order valence-corrected chi connectivity index (χ2v) is 3.40. The summed E-state index contributed by atoms with van der Waals surface area (Å²) in [6, 6.07) is 8.48. The molecule has 0 saturated heterocycles. The van der Waals surface area contributed by atoms with E-state index in [0.717, 1.165) is 0 Å². The third-order valence-electron chi connectivity index (χ3n) is 2.00. The summed E-state index contributed by atoms with van der Waals surface area (Å²) in [5.74, 6) is 0.573. The van der Waals surface area contributed by atoms with Crippen LogP contribution >= 0.6 is 0 Å². The smallest absolute Gasteiger partial charge is 0.284 e. The topological polar surface area (TPSA) is 82.0 Å². The van der Waals surface area contributed by atoms with Crippen molar-refractivity contribution < 1.29 is 9.90 Å². The fourth-order valence-corrected chi connectivity index (χ4v) is 1.30. The van der Waals surface area contributed by atoms with Gasteiger partial charge >= 0.3 is 0 Å². The Kier molecular flexibility index (Phi) is 2.99. The zero-order valence-corrected chi connectivity index (χ0v) is 9.53. The van der Waals surface area contributed by atoms with Gasteiger partial charge in [-0.15, -0.1) is 0 Å². The Labute approximate surface area is 98.0 Å². The molecule has 7 heteroatoms. The molecule has 88 valence electrons. The number of amidine groups is 1. The van der Waals surface area contributed by atoms with Crippen LogP contribution in [0.25, 0.3) is 0 Å². The first-order chi connectivity index (χ1) is 8.15. The summed E-state index contributed by atoms with van der Waals surface area (Å²) in [7, 11) is 1.67. The highest BCUT2D eigenvalue weighted by atomic mass is 16.3. The van der Waals surface area contributed by atoms with Gasteiger partial charge in [0.05, 0.1) is 11.7 Å². The molecule has 0 aliphatic carbocycles. The lowest BCUT2D eigenvalue weighted by atomic mass is 10.3. The van der Waals surface area contributed by atoms with Crippen molar-refractivity contribution in [3.05, 3.63) is 36.2 Å². The maximum Gasteiger partial charge on any atom is 0.284 e. The van der Waals surface area contributed by atoms with Gasteiger partial charge in [-0.1, -0.05) is 18.2 Å². The maximum atomic E-state index is 11.6. The van der Waals surface area contributed by atoms with Crippen LogP contribution in [0.2, 0.25) is 0 Å². The lowest BCUT2D eigenvalue weighted by molar-refractivity contribution is -0.785. The molecular weight excluding hydrogens is 220 g/mol. The molecule has 0 radical (unpaired) electrons. The molecule has 1 aromatic carbocycles. The number of aromatic nitrogens is 4. The van der Waals surface area contributed by atoms with Crippen LogP contribution in [-0.2, 0) is 7.05 Å². The molecule has 0 aliphatic heterocycles. The van der Waals surface area contributed by atoms with Crippen molar-refractivity contribution >= 4 is 11.7 Å². The number of rotatable bonds is 2. The summed E-state index contributed by atoms with van der Waals surface area (Å²) in [6.45, 7) is 1.73. The molecule has 2 aromatic rings. The van der Waals surface area contributed by atoms with E-state index in [-0.39, 0.29) is 0 Å². The molecule has 0 saturated carbocycles. The highest BCUT2D eigenvalue weighted by Gasteiger charge is 2.09. The van der Waals surface area contributed by atoms with Crippen molar-refractivity contribution in [1.29, 1.82) is 0 Å². The van der Waals surface area contributed by atoms with Crippen LogP contribution < -0.4 is 15.3 Å². The summed E-state index contributed by atoms with van der Waals surface area (Å²) in [4.78, 5) is 6.49. The van der Waals surface area contributed by atoms with Gasteiger partial charge in [-0.25, -0.2) is 4.99 Å². The Morgan fingerprint density at radius 3 is 2.71 bits per heavy atom. The van der Waals surface area contributed by atoms with Crippen LogP contribution in [0.15, 0.2) is 35.3 Å². The van der Waals surface area contributed by atoms with E-state index >= 15 is 0 Å². The van der Waals surface area contributed by atoms with Crippen LogP contribution in [-0.4, -0.2) is 21.1 Å². The van der Waals surface area contributed by atoms with Gasteiger partial charge in [0, 0.05) is 6.92 Å². The molecule has 17 heavy (non-hydrogen) atoms. The van der Waals surface area contributed by atoms with E-state index in [9.17, 15) is 5.11 Å². The summed E-state index contributed by atoms with van der Waals surface area (Å²) in [6.07, 6.45) is 0. The lowest BCUT2D eigenvalue weighted by Gasteiger charge is -2.08. The summed E-state index contributed by atoms with van der Waals surface area (Å²) in [5.41, 5.74) is 3.09. The summed E-state index contributed by atoms with van der Waals surface area (Å²) >= 11 is 0. The van der Waals surface area contributed by atoms with E-state index in [1.807, 2.05) is 18.2 Å². The molecule has 1 heterocycles. The van der Waals surface area contributed by atoms with Crippen LogP contribution in [0.3, 0.4) is 0 Å². The van der Waals surface area contributed by atoms with Crippen molar-refractivity contribution in [3.8, 4) is 0 Å². The van der Waals surface area contributed by atoms with E-state index in [2.05, 4.69) is 20.7 Å². The van der Waals surface area contributed by atoms with Crippen LogP contribution in [0, 0.1) is 6.92 Å². The molecule has 0 spiro atoms. The fraction of sp³-hybridized carbons (Fsp3) is 0.200. The largest absolute Gasteiger partial charge is 0.843 e. The SMILES string of the molecule is Cc1n[n+](C)nn1NC([O-])=Nc1ccccc1.